The SMILES string of the molecule is COC(=O)[C@H](CCCC(=O)OC[C@H]1O[C@@H](OC(C)=O)[C@H](OC(C)=O)[C@@H](OC(C)=O)[C@@H]1OC(C)=O)NC(=O)OC(C)(C)C. The van der Waals surface area contributed by atoms with Crippen LogP contribution in [0.15, 0.2) is 0 Å². The first kappa shape index (κ1) is 36.1. The predicted octanol–water partition coefficient (Wildman–Crippen LogP) is 0.849. The maximum atomic E-state index is 12.5. The Kier molecular flexibility index (Phi) is 14.2. The molecule has 1 N–H and O–H groups in total. The van der Waals surface area contributed by atoms with Gasteiger partial charge < -0.3 is 43.2 Å². The van der Waals surface area contributed by atoms with Crippen molar-refractivity contribution in [3.63, 3.8) is 0 Å². The monoisotopic (exact) mass is 605 g/mol. The number of ether oxygens (including phenoxy) is 8. The lowest BCUT2D eigenvalue weighted by molar-refractivity contribution is -0.300. The predicted molar refractivity (Wildman–Crippen MR) is 137 cm³/mol. The summed E-state index contributed by atoms with van der Waals surface area (Å²) in [6, 6.07) is -1.10. The standard InChI is InChI=1S/C26H39NO15/c1-13(28)37-20-18(41-24(40-16(4)31)22(39-15(3)30)21(20)38-14(2)29)12-36-19(32)11-9-10-17(23(33)35-8)27-25(34)42-26(5,6)7/h17-18,20-22,24H,9-12H2,1-8H3,(H,27,34)/t17-,18+,20+,21-,22+,24+/m0/s1. The summed E-state index contributed by atoms with van der Waals surface area (Å²) in [7, 11) is 1.14. The molecule has 1 heterocycles. The highest BCUT2D eigenvalue weighted by atomic mass is 16.7. The minimum atomic E-state index is -1.61. The fourth-order valence-electron chi connectivity index (χ4n) is 3.79. The molecule has 1 aliphatic rings. The molecule has 1 saturated heterocycles. The third-order valence-electron chi connectivity index (χ3n) is 5.24. The van der Waals surface area contributed by atoms with E-state index in [9.17, 15) is 33.6 Å². The van der Waals surface area contributed by atoms with E-state index < -0.39 is 90.9 Å². The van der Waals surface area contributed by atoms with Gasteiger partial charge >= 0.3 is 41.9 Å². The molecule has 1 aliphatic heterocycles. The lowest BCUT2D eigenvalue weighted by Crippen LogP contribution is -2.63. The molecule has 0 aromatic carbocycles. The number of nitrogens with one attached hydrogen (secondary N) is 1. The first-order valence-corrected chi connectivity index (χ1v) is 13.0. The van der Waals surface area contributed by atoms with Crippen LogP contribution in [0.4, 0.5) is 4.79 Å². The summed E-state index contributed by atoms with van der Waals surface area (Å²) < 4.78 is 41.6. The van der Waals surface area contributed by atoms with E-state index >= 15 is 0 Å². The lowest BCUT2D eigenvalue weighted by atomic mass is 9.98. The van der Waals surface area contributed by atoms with Crippen molar-refractivity contribution in [2.45, 2.75) is 110 Å². The Morgan fingerprint density at radius 3 is 1.81 bits per heavy atom. The number of alkyl carbamates (subject to hydrolysis) is 1. The van der Waals surface area contributed by atoms with Crippen molar-refractivity contribution in [2.75, 3.05) is 13.7 Å². The lowest BCUT2D eigenvalue weighted by Gasteiger charge is -2.43. The van der Waals surface area contributed by atoms with Crippen LogP contribution in [0.1, 0.15) is 67.7 Å². The molecule has 16 heteroatoms. The second kappa shape index (κ2) is 16.5. The minimum absolute atomic E-state index is 0.00410. The molecule has 0 aromatic rings. The van der Waals surface area contributed by atoms with Gasteiger partial charge in [0.05, 0.1) is 7.11 Å². The second-order valence-corrected chi connectivity index (χ2v) is 10.2. The van der Waals surface area contributed by atoms with Crippen molar-refractivity contribution in [2.24, 2.45) is 0 Å². The van der Waals surface area contributed by atoms with Gasteiger partial charge in [0.2, 0.25) is 12.4 Å². The summed E-state index contributed by atoms with van der Waals surface area (Å²) in [5.74, 6) is -4.85. The van der Waals surface area contributed by atoms with E-state index in [1.54, 1.807) is 20.8 Å². The fraction of sp³-hybridized carbons (Fsp3) is 0.731. The average Bonchev–Trinajstić information content (AvgIpc) is 2.83. The zero-order valence-electron chi connectivity index (χ0n) is 24.9. The highest BCUT2D eigenvalue weighted by molar-refractivity contribution is 5.81. The molecule has 1 rings (SSSR count). The molecule has 6 atom stereocenters. The van der Waals surface area contributed by atoms with Crippen LogP contribution < -0.4 is 5.32 Å². The molecule has 42 heavy (non-hydrogen) atoms. The molecule has 0 radical (unpaired) electrons. The number of rotatable bonds is 12. The third-order valence-corrected chi connectivity index (χ3v) is 5.24. The number of carbonyl (C=O) groups excluding carboxylic acids is 7. The molecule has 1 amide bonds. The largest absolute Gasteiger partial charge is 0.467 e. The van der Waals surface area contributed by atoms with E-state index in [4.69, 9.17) is 37.9 Å². The van der Waals surface area contributed by atoms with E-state index in [1.807, 2.05) is 0 Å². The number of hydrogen-bond donors (Lipinski definition) is 1. The van der Waals surface area contributed by atoms with E-state index in [0.29, 0.717) is 0 Å². The van der Waals surface area contributed by atoms with Crippen LogP contribution in [0, 0.1) is 0 Å². The summed E-state index contributed by atoms with van der Waals surface area (Å²) in [6.07, 6.45) is -8.35. The number of esters is 6. The van der Waals surface area contributed by atoms with Crippen LogP contribution in [0.2, 0.25) is 0 Å². The third kappa shape index (κ3) is 13.1. The zero-order chi connectivity index (χ0) is 32.2. The van der Waals surface area contributed by atoms with Gasteiger partial charge in [-0.15, -0.1) is 0 Å². The van der Waals surface area contributed by atoms with Crippen molar-refractivity contribution in [1.82, 2.24) is 5.32 Å². The van der Waals surface area contributed by atoms with Gasteiger partial charge in [-0.2, -0.15) is 0 Å². The Labute approximate surface area is 242 Å². The second-order valence-electron chi connectivity index (χ2n) is 10.2. The van der Waals surface area contributed by atoms with E-state index in [-0.39, 0.29) is 19.3 Å². The van der Waals surface area contributed by atoms with Gasteiger partial charge in [-0.3, -0.25) is 24.0 Å². The van der Waals surface area contributed by atoms with Crippen molar-refractivity contribution in [3.8, 4) is 0 Å². The molecule has 0 saturated carbocycles. The quantitative estimate of drug-likeness (QED) is 0.242. The number of methoxy groups -OCH3 is 1. The summed E-state index contributed by atoms with van der Waals surface area (Å²) in [5.41, 5.74) is -0.805. The molecule has 0 aromatic heterocycles. The van der Waals surface area contributed by atoms with E-state index in [1.165, 1.54) is 0 Å². The van der Waals surface area contributed by atoms with Gasteiger partial charge in [-0.25, -0.2) is 9.59 Å². The van der Waals surface area contributed by atoms with Crippen molar-refractivity contribution >= 4 is 41.9 Å². The van der Waals surface area contributed by atoms with Gasteiger partial charge in [0.25, 0.3) is 0 Å². The van der Waals surface area contributed by atoms with Crippen molar-refractivity contribution < 1.29 is 71.5 Å². The summed E-state index contributed by atoms with van der Waals surface area (Å²) >= 11 is 0. The van der Waals surface area contributed by atoms with Gasteiger partial charge in [0.15, 0.2) is 12.2 Å². The molecule has 0 aliphatic carbocycles. The van der Waals surface area contributed by atoms with Crippen molar-refractivity contribution in [3.05, 3.63) is 0 Å². The molecule has 0 bridgehead atoms. The Hall–Kier alpha value is -3.95. The number of carbonyl (C=O) groups is 7. The number of amides is 1. The molecular formula is C26H39NO15. The zero-order valence-corrected chi connectivity index (χ0v) is 24.9. The topological polar surface area (TPSA) is 205 Å². The van der Waals surface area contributed by atoms with E-state index in [2.05, 4.69) is 5.32 Å². The first-order valence-electron chi connectivity index (χ1n) is 13.0. The van der Waals surface area contributed by atoms with Crippen LogP contribution >= 0.6 is 0 Å². The minimum Gasteiger partial charge on any atom is -0.467 e. The molecule has 16 nitrogen and oxygen atoms in total. The van der Waals surface area contributed by atoms with Gasteiger partial charge in [-0.05, 0) is 33.6 Å². The smallest absolute Gasteiger partial charge is 0.408 e. The van der Waals surface area contributed by atoms with Gasteiger partial charge in [0, 0.05) is 34.1 Å². The Bertz CT molecular complexity index is 1000. The maximum Gasteiger partial charge on any atom is 0.408 e. The van der Waals surface area contributed by atoms with Gasteiger partial charge in [-0.1, -0.05) is 0 Å². The summed E-state index contributed by atoms with van der Waals surface area (Å²) in [5, 5.41) is 2.39. The highest BCUT2D eigenvalue weighted by Gasteiger charge is 2.53. The van der Waals surface area contributed by atoms with Crippen LogP contribution in [0.25, 0.3) is 0 Å². The average molecular weight is 606 g/mol. The molecule has 238 valence electrons. The van der Waals surface area contributed by atoms with Crippen LogP contribution in [-0.4, -0.2) is 98.0 Å². The van der Waals surface area contributed by atoms with Gasteiger partial charge in [0.1, 0.15) is 24.4 Å². The number of hydrogen-bond acceptors (Lipinski definition) is 15. The Morgan fingerprint density at radius 2 is 1.31 bits per heavy atom. The molecular weight excluding hydrogens is 566 g/mol. The fourth-order valence-corrected chi connectivity index (χ4v) is 3.79. The first-order chi connectivity index (χ1) is 19.4. The summed E-state index contributed by atoms with van der Waals surface area (Å²) in [4.78, 5) is 83.8. The maximum absolute atomic E-state index is 12.5. The molecule has 1 fully saturated rings. The summed E-state index contributed by atoms with van der Waals surface area (Å²) in [6.45, 7) is 8.62. The van der Waals surface area contributed by atoms with Crippen LogP contribution in [-0.2, 0) is 66.7 Å². The Morgan fingerprint density at radius 1 is 0.786 bits per heavy atom. The molecule has 0 spiro atoms. The van der Waals surface area contributed by atoms with Crippen molar-refractivity contribution in [1.29, 1.82) is 0 Å². The Balaban J connectivity index is 2.98. The van der Waals surface area contributed by atoms with E-state index in [0.717, 1.165) is 34.8 Å². The normalized spacial score (nSPS) is 22.4. The van der Waals surface area contributed by atoms with Crippen LogP contribution in [0.3, 0.4) is 0 Å². The molecule has 0 unspecified atom stereocenters. The van der Waals surface area contributed by atoms with Crippen LogP contribution in [0.5, 0.6) is 0 Å². The highest BCUT2D eigenvalue weighted by Crippen LogP contribution is 2.30.